The molecule has 0 aliphatic carbocycles. The van der Waals surface area contributed by atoms with Gasteiger partial charge < -0.3 is 4.74 Å². The van der Waals surface area contributed by atoms with Crippen molar-refractivity contribution < 1.29 is 9.53 Å². The SMILES string of the molecule is COC(=O)Nc1ccc(Cl)nn1. The minimum absolute atomic E-state index is 0.269. The number of carbonyl (C=O) groups excluding carboxylic acids is 1. The van der Waals surface area contributed by atoms with Crippen molar-refractivity contribution in [2.45, 2.75) is 0 Å². The summed E-state index contributed by atoms with van der Waals surface area (Å²) in [6, 6.07) is 3.03. The Labute approximate surface area is 73.7 Å². The molecule has 0 atom stereocenters. The summed E-state index contributed by atoms with van der Waals surface area (Å²) in [5.74, 6) is 0.297. The molecule has 5 nitrogen and oxygen atoms in total. The molecule has 0 aliphatic rings. The highest BCUT2D eigenvalue weighted by atomic mass is 35.5. The lowest BCUT2D eigenvalue weighted by Crippen LogP contribution is -2.12. The summed E-state index contributed by atoms with van der Waals surface area (Å²) in [5, 5.41) is 9.68. The number of rotatable bonds is 1. The molecule has 0 radical (unpaired) electrons. The molecule has 6 heteroatoms. The van der Waals surface area contributed by atoms with Gasteiger partial charge in [-0.05, 0) is 12.1 Å². The molecule has 1 aromatic heterocycles. The van der Waals surface area contributed by atoms with Crippen molar-refractivity contribution in [3.05, 3.63) is 17.3 Å². The van der Waals surface area contributed by atoms with E-state index in [0.717, 1.165) is 0 Å². The fraction of sp³-hybridized carbons (Fsp3) is 0.167. The fourth-order valence-corrected chi connectivity index (χ4v) is 0.639. The molecule has 0 spiro atoms. The first-order chi connectivity index (χ1) is 5.72. The van der Waals surface area contributed by atoms with Crippen molar-refractivity contribution in [2.24, 2.45) is 0 Å². The van der Waals surface area contributed by atoms with Crippen molar-refractivity contribution in [2.75, 3.05) is 12.4 Å². The van der Waals surface area contributed by atoms with E-state index in [4.69, 9.17) is 11.6 Å². The molecule has 0 unspecified atom stereocenters. The van der Waals surface area contributed by atoms with E-state index in [1.165, 1.54) is 19.2 Å². The highest BCUT2D eigenvalue weighted by Gasteiger charge is 2.00. The van der Waals surface area contributed by atoms with Crippen LogP contribution in [0.25, 0.3) is 0 Å². The van der Waals surface area contributed by atoms with Crippen LogP contribution in [0.3, 0.4) is 0 Å². The van der Waals surface area contributed by atoms with Crippen LogP contribution in [-0.2, 0) is 4.74 Å². The predicted octanol–water partition coefficient (Wildman–Crippen LogP) is 1.31. The summed E-state index contributed by atoms with van der Waals surface area (Å²) in [4.78, 5) is 10.6. The first-order valence-corrected chi connectivity index (χ1v) is 3.44. The second kappa shape index (κ2) is 3.87. The Morgan fingerprint density at radius 3 is 2.83 bits per heavy atom. The Balaban J connectivity index is 2.64. The van der Waals surface area contributed by atoms with E-state index < -0.39 is 6.09 Å². The van der Waals surface area contributed by atoms with E-state index in [1.54, 1.807) is 0 Å². The maximum absolute atomic E-state index is 10.6. The molecular weight excluding hydrogens is 182 g/mol. The molecule has 0 bridgehead atoms. The van der Waals surface area contributed by atoms with Crippen molar-refractivity contribution in [1.29, 1.82) is 0 Å². The molecule has 64 valence electrons. The Morgan fingerprint density at radius 2 is 2.33 bits per heavy atom. The minimum Gasteiger partial charge on any atom is -0.453 e. The number of ether oxygens (including phenoxy) is 1. The lowest BCUT2D eigenvalue weighted by atomic mass is 10.5. The van der Waals surface area contributed by atoms with Crippen LogP contribution in [0.1, 0.15) is 0 Å². The second-order valence-electron chi connectivity index (χ2n) is 1.86. The van der Waals surface area contributed by atoms with Crippen molar-refractivity contribution in [3.63, 3.8) is 0 Å². The number of nitrogens with one attached hydrogen (secondary N) is 1. The highest BCUT2D eigenvalue weighted by molar-refractivity contribution is 6.29. The minimum atomic E-state index is -0.591. The lowest BCUT2D eigenvalue weighted by molar-refractivity contribution is 0.187. The Hall–Kier alpha value is -1.36. The number of carbonyl (C=O) groups is 1. The average Bonchev–Trinajstić information content (AvgIpc) is 2.09. The summed E-state index contributed by atoms with van der Waals surface area (Å²) in [7, 11) is 1.26. The molecule has 0 fully saturated rings. The molecule has 0 saturated heterocycles. The molecule has 1 aromatic rings. The number of amides is 1. The Morgan fingerprint density at radius 1 is 1.58 bits per heavy atom. The predicted molar refractivity (Wildman–Crippen MR) is 43.1 cm³/mol. The van der Waals surface area contributed by atoms with Gasteiger partial charge in [-0.15, -0.1) is 10.2 Å². The van der Waals surface area contributed by atoms with E-state index in [1.807, 2.05) is 0 Å². The second-order valence-corrected chi connectivity index (χ2v) is 2.25. The van der Waals surface area contributed by atoms with Gasteiger partial charge in [0.25, 0.3) is 0 Å². The lowest BCUT2D eigenvalue weighted by Gasteiger charge is -1.99. The molecule has 1 amide bonds. The zero-order valence-electron chi connectivity index (χ0n) is 6.24. The number of aromatic nitrogens is 2. The topological polar surface area (TPSA) is 64.1 Å². The van der Waals surface area contributed by atoms with Gasteiger partial charge in [0.15, 0.2) is 11.0 Å². The molecule has 1 heterocycles. The molecule has 1 rings (SSSR count). The van der Waals surface area contributed by atoms with Crippen molar-refractivity contribution in [3.8, 4) is 0 Å². The largest absolute Gasteiger partial charge is 0.453 e. The zero-order chi connectivity index (χ0) is 8.97. The summed E-state index contributed by atoms with van der Waals surface area (Å²) in [5.41, 5.74) is 0. The van der Waals surface area contributed by atoms with Crippen molar-refractivity contribution in [1.82, 2.24) is 10.2 Å². The third kappa shape index (κ3) is 2.35. The molecule has 1 N–H and O–H groups in total. The van der Waals surface area contributed by atoms with E-state index in [0.29, 0.717) is 5.82 Å². The number of halogens is 1. The molecule has 0 saturated carbocycles. The third-order valence-corrected chi connectivity index (χ3v) is 1.25. The number of nitrogens with zero attached hydrogens (tertiary/aromatic N) is 2. The van der Waals surface area contributed by atoms with Gasteiger partial charge in [0.05, 0.1) is 7.11 Å². The van der Waals surface area contributed by atoms with Gasteiger partial charge in [0, 0.05) is 0 Å². The van der Waals surface area contributed by atoms with Gasteiger partial charge >= 0.3 is 6.09 Å². The van der Waals surface area contributed by atoms with E-state index in [2.05, 4.69) is 20.3 Å². The van der Waals surface area contributed by atoms with Crippen LogP contribution in [0.15, 0.2) is 12.1 Å². The quantitative estimate of drug-likeness (QED) is 0.720. The number of hydrogen-bond donors (Lipinski definition) is 1. The normalized spacial score (nSPS) is 9.17. The van der Waals surface area contributed by atoms with Gasteiger partial charge in [-0.2, -0.15) is 0 Å². The summed E-state index contributed by atoms with van der Waals surface area (Å²) < 4.78 is 4.33. The summed E-state index contributed by atoms with van der Waals surface area (Å²) in [6.45, 7) is 0. The molecule has 0 aromatic carbocycles. The fourth-order valence-electron chi connectivity index (χ4n) is 0.538. The zero-order valence-corrected chi connectivity index (χ0v) is 7.00. The molecular formula is C6H6ClN3O2. The van der Waals surface area contributed by atoms with E-state index in [-0.39, 0.29) is 5.15 Å². The maximum atomic E-state index is 10.6. The van der Waals surface area contributed by atoms with Crippen LogP contribution >= 0.6 is 11.6 Å². The van der Waals surface area contributed by atoms with E-state index >= 15 is 0 Å². The van der Waals surface area contributed by atoms with Gasteiger partial charge in [0.2, 0.25) is 0 Å². The number of anilines is 1. The maximum Gasteiger partial charge on any atom is 0.412 e. The Bertz CT molecular complexity index is 275. The summed E-state index contributed by atoms with van der Waals surface area (Å²) in [6.07, 6.45) is -0.591. The molecule has 12 heavy (non-hydrogen) atoms. The highest BCUT2D eigenvalue weighted by Crippen LogP contribution is 2.05. The smallest absolute Gasteiger partial charge is 0.412 e. The van der Waals surface area contributed by atoms with Crippen LogP contribution in [-0.4, -0.2) is 23.4 Å². The van der Waals surface area contributed by atoms with Gasteiger partial charge in [0.1, 0.15) is 0 Å². The van der Waals surface area contributed by atoms with Crippen LogP contribution < -0.4 is 5.32 Å². The Kier molecular flexibility index (Phi) is 2.82. The van der Waals surface area contributed by atoms with Gasteiger partial charge in [-0.25, -0.2) is 4.79 Å². The number of hydrogen-bond acceptors (Lipinski definition) is 4. The van der Waals surface area contributed by atoms with Crippen LogP contribution in [0.2, 0.25) is 5.15 Å². The third-order valence-electron chi connectivity index (χ3n) is 1.05. The van der Waals surface area contributed by atoms with Crippen LogP contribution in [0, 0.1) is 0 Å². The van der Waals surface area contributed by atoms with Gasteiger partial charge in [-0.3, -0.25) is 5.32 Å². The van der Waals surface area contributed by atoms with Crippen LogP contribution in [0.5, 0.6) is 0 Å². The first-order valence-electron chi connectivity index (χ1n) is 3.06. The molecule has 0 aliphatic heterocycles. The summed E-state index contributed by atoms with van der Waals surface area (Å²) >= 11 is 5.46. The van der Waals surface area contributed by atoms with Crippen LogP contribution in [0.4, 0.5) is 10.6 Å². The van der Waals surface area contributed by atoms with E-state index in [9.17, 15) is 4.79 Å². The number of methoxy groups -OCH3 is 1. The van der Waals surface area contributed by atoms with Crippen molar-refractivity contribution >= 4 is 23.5 Å². The van der Waals surface area contributed by atoms with Gasteiger partial charge in [-0.1, -0.05) is 11.6 Å². The standard InChI is InChI=1S/C6H6ClN3O2/c1-12-6(11)8-5-3-2-4(7)9-10-5/h2-3H,1H3,(H,8,10,11). The average molecular weight is 188 g/mol. The monoisotopic (exact) mass is 187 g/mol. The first kappa shape index (κ1) is 8.73.